The van der Waals surface area contributed by atoms with E-state index in [1.165, 1.54) is 0 Å². The summed E-state index contributed by atoms with van der Waals surface area (Å²) in [6.07, 6.45) is 3.10. The van der Waals surface area contributed by atoms with Crippen molar-refractivity contribution >= 4 is 47.6 Å². The van der Waals surface area contributed by atoms with Crippen molar-refractivity contribution in [2.24, 2.45) is 12.8 Å². The third-order valence-corrected chi connectivity index (χ3v) is 4.21. The second-order valence-electron chi connectivity index (χ2n) is 5.86. The molecule has 0 aromatic carbocycles. The lowest BCUT2D eigenvalue weighted by atomic mass is 10.2. The third kappa shape index (κ3) is 4.50. The fourth-order valence-electron chi connectivity index (χ4n) is 2.93. The van der Waals surface area contributed by atoms with E-state index in [1.54, 1.807) is 4.68 Å². The van der Waals surface area contributed by atoms with Gasteiger partial charge in [-0.05, 0) is 19.9 Å². The van der Waals surface area contributed by atoms with Gasteiger partial charge in [-0.2, -0.15) is 5.10 Å². The van der Waals surface area contributed by atoms with Crippen LogP contribution in [0.2, 0.25) is 0 Å². The number of fused-ring (bicyclic) bond motifs is 1. The fraction of sp³-hybridized carbons (Fsp3) is 0.600. The molecule has 10 heteroatoms. The van der Waals surface area contributed by atoms with E-state index in [9.17, 15) is 4.79 Å². The molecule has 8 nitrogen and oxygen atoms in total. The Labute approximate surface area is 159 Å². The number of aromatic nitrogens is 4. The Kier molecular flexibility index (Phi) is 7.85. The topological polar surface area (TPSA) is 93.2 Å². The Balaban J connectivity index is 0.00000156. The number of carbonyl (C=O) groups is 1. The second-order valence-corrected chi connectivity index (χ2v) is 5.86. The van der Waals surface area contributed by atoms with E-state index in [4.69, 9.17) is 5.73 Å². The number of carbonyl (C=O) groups excluding carboxylic acids is 1. The molecule has 2 aromatic heterocycles. The summed E-state index contributed by atoms with van der Waals surface area (Å²) >= 11 is 0. The second kappa shape index (κ2) is 9.17. The van der Waals surface area contributed by atoms with E-state index in [0.717, 1.165) is 42.2 Å². The molecular weight excluding hydrogens is 365 g/mol. The first-order valence-electron chi connectivity index (χ1n) is 7.99. The summed E-state index contributed by atoms with van der Waals surface area (Å²) in [5, 5.41) is 5.24. The van der Waals surface area contributed by atoms with Gasteiger partial charge >= 0.3 is 0 Å². The van der Waals surface area contributed by atoms with Gasteiger partial charge in [0.25, 0.3) is 0 Å². The molecule has 0 unspecified atom stereocenters. The van der Waals surface area contributed by atoms with E-state index >= 15 is 0 Å². The van der Waals surface area contributed by atoms with Gasteiger partial charge < -0.3 is 15.5 Å². The first kappa shape index (κ1) is 21.4. The Morgan fingerprint density at radius 3 is 2.52 bits per heavy atom. The van der Waals surface area contributed by atoms with Crippen molar-refractivity contribution in [3.8, 4) is 0 Å². The highest BCUT2D eigenvalue weighted by molar-refractivity contribution is 5.87. The molecule has 1 aliphatic heterocycles. The van der Waals surface area contributed by atoms with Crippen molar-refractivity contribution in [3.05, 3.63) is 12.0 Å². The quantitative estimate of drug-likeness (QED) is 0.834. The molecule has 0 radical (unpaired) electrons. The minimum Gasteiger partial charge on any atom is -0.352 e. The van der Waals surface area contributed by atoms with Crippen LogP contribution in [-0.4, -0.2) is 63.3 Å². The van der Waals surface area contributed by atoms with Gasteiger partial charge in [0.1, 0.15) is 11.6 Å². The molecule has 0 atom stereocenters. The van der Waals surface area contributed by atoms with E-state index in [-0.39, 0.29) is 30.7 Å². The predicted molar refractivity (Wildman–Crippen MR) is 103 cm³/mol. The predicted octanol–water partition coefficient (Wildman–Crippen LogP) is 0.903. The highest BCUT2D eigenvalue weighted by atomic mass is 35.5. The number of amides is 1. The van der Waals surface area contributed by atoms with E-state index in [2.05, 4.69) is 20.0 Å². The Morgan fingerprint density at radius 2 is 1.88 bits per heavy atom. The molecule has 0 saturated carbocycles. The normalized spacial score (nSPS) is 14.2. The molecule has 3 heterocycles. The lowest BCUT2D eigenvalue weighted by Gasteiger charge is -2.35. The van der Waals surface area contributed by atoms with Gasteiger partial charge in [-0.25, -0.2) is 9.97 Å². The average Bonchev–Trinajstić information content (AvgIpc) is 2.93. The summed E-state index contributed by atoms with van der Waals surface area (Å²) in [6, 6.07) is 0. The van der Waals surface area contributed by atoms with Crippen LogP contribution in [0.1, 0.15) is 18.7 Å². The van der Waals surface area contributed by atoms with Crippen LogP contribution >= 0.6 is 24.8 Å². The van der Waals surface area contributed by atoms with Crippen molar-refractivity contribution < 1.29 is 4.79 Å². The molecule has 25 heavy (non-hydrogen) atoms. The zero-order chi connectivity index (χ0) is 16.4. The van der Waals surface area contributed by atoms with Gasteiger partial charge in [-0.3, -0.25) is 9.48 Å². The summed E-state index contributed by atoms with van der Waals surface area (Å²) in [7, 11) is 1.88. The first-order valence-corrected chi connectivity index (χ1v) is 7.99. The molecule has 0 spiro atoms. The van der Waals surface area contributed by atoms with Crippen LogP contribution in [0.15, 0.2) is 6.20 Å². The van der Waals surface area contributed by atoms with Crippen molar-refractivity contribution in [1.82, 2.24) is 24.6 Å². The molecule has 1 fully saturated rings. The summed E-state index contributed by atoms with van der Waals surface area (Å²) < 4.78 is 1.76. The number of rotatable bonds is 4. The van der Waals surface area contributed by atoms with Crippen LogP contribution < -0.4 is 10.6 Å². The summed E-state index contributed by atoms with van der Waals surface area (Å²) in [6.45, 7) is 5.43. The minimum atomic E-state index is 0. The van der Waals surface area contributed by atoms with Crippen LogP contribution in [-0.2, 0) is 11.8 Å². The SMILES string of the molecule is Cc1nc(N2CCN(C(=O)CCCN)CC2)c2cnn(C)c2n1.Cl.Cl. The van der Waals surface area contributed by atoms with Gasteiger partial charge in [0.2, 0.25) is 5.91 Å². The number of nitrogens with two attached hydrogens (primary N) is 1. The van der Waals surface area contributed by atoms with Gasteiger partial charge in [0, 0.05) is 39.6 Å². The average molecular weight is 390 g/mol. The van der Waals surface area contributed by atoms with Crippen LogP contribution in [0.4, 0.5) is 5.82 Å². The number of hydrogen-bond acceptors (Lipinski definition) is 6. The number of aryl methyl sites for hydroxylation is 2. The van der Waals surface area contributed by atoms with Crippen molar-refractivity contribution in [2.75, 3.05) is 37.6 Å². The first-order chi connectivity index (χ1) is 11.1. The van der Waals surface area contributed by atoms with E-state index in [1.807, 2.05) is 25.1 Å². The zero-order valence-electron chi connectivity index (χ0n) is 14.5. The largest absolute Gasteiger partial charge is 0.352 e. The highest BCUT2D eigenvalue weighted by Gasteiger charge is 2.23. The molecule has 2 aromatic rings. The molecule has 2 N–H and O–H groups in total. The molecule has 140 valence electrons. The van der Waals surface area contributed by atoms with Crippen LogP contribution in [0.5, 0.6) is 0 Å². The zero-order valence-corrected chi connectivity index (χ0v) is 16.1. The molecular formula is C15H25Cl2N7O. The minimum absolute atomic E-state index is 0. The molecule has 1 aliphatic rings. The number of nitrogens with zero attached hydrogens (tertiary/aromatic N) is 6. The third-order valence-electron chi connectivity index (χ3n) is 4.21. The maximum Gasteiger partial charge on any atom is 0.222 e. The monoisotopic (exact) mass is 389 g/mol. The van der Waals surface area contributed by atoms with Gasteiger partial charge in [-0.15, -0.1) is 24.8 Å². The number of hydrogen-bond donors (Lipinski definition) is 1. The lowest BCUT2D eigenvalue weighted by molar-refractivity contribution is -0.131. The Hall–Kier alpha value is -1.64. The number of anilines is 1. The van der Waals surface area contributed by atoms with Gasteiger partial charge in [0.15, 0.2) is 5.65 Å². The smallest absolute Gasteiger partial charge is 0.222 e. The molecule has 1 amide bonds. The molecule has 1 saturated heterocycles. The molecule has 0 bridgehead atoms. The maximum absolute atomic E-state index is 12.1. The lowest BCUT2D eigenvalue weighted by Crippen LogP contribution is -2.49. The molecule has 3 rings (SSSR count). The molecule has 0 aliphatic carbocycles. The van der Waals surface area contributed by atoms with Crippen LogP contribution in [0.25, 0.3) is 11.0 Å². The Morgan fingerprint density at radius 1 is 1.20 bits per heavy atom. The standard InChI is InChI=1S/C15H23N7O.2ClH/c1-11-18-14-12(10-17-20(14)2)15(19-11)22-8-6-21(7-9-22)13(23)4-3-5-16;;/h10H,3-9,16H2,1-2H3;2*1H. The van der Waals surface area contributed by atoms with Crippen LogP contribution in [0, 0.1) is 6.92 Å². The van der Waals surface area contributed by atoms with Crippen LogP contribution in [0.3, 0.4) is 0 Å². The van der Waals surface area contributed by atoms with Gasteiger partial charge in [-0.1, -0.05) is 0 Å². The van der Waals surface area contributed by atoms with E-state index in [0.29, 0.717) is 26.1 Å². The number of piperazine rings is 1. The van der Waals surface area contributed by atoms with Crippen molar-refractivity contribution in [2.45, 2.75) is 19.8 Å². The van der Waals surface area contributed by atoms with Crippen molar-refractivity contribution in [1.29, 1.82) is 0 Å². The summed E-state index contributed by atoms with van der Waals surface area (Å²) in [5.41, 5.74) is 6.31. The highest BCUT2D eigenvalue weighted by Crippen LogP contribution is 2.24. The Bertz CT molecular complexity index is 713. The van der Waals surface area contributed by atoms with E-state index < -0.39 is 0 Å². The van der Waals surface area contributed by atoms with Crippen molar-refractivity contribution in [3.63, 3.8) is 0 Å². The summed E-state index contributed by atoms with van der Waals surface area (Å²) in [4.78, 5) is 25.3. The van der Waals surface area contributed by atoms with Gasteiger partial charge in [0.05, 0.1) is 11.6 Å². The number of halogens is 2. The summed E-state index contributed by atoms with van der Waals surface area (Å²) in [5.74, 6) is 1.84. The fourth-order valence-corrected chi connectivity index (χ4v) is 2.93. The maximum atomic E-state index is 12.1.